The first kappa shape index (κ1) is 12.8. The molecule has 0 aliphatic heterocycles. The highest BCUT2D eigenvalue weighted by molar-refractivity contribution is 6.36. The molecule has 0 spiro atoms. The molecule has 0 saturated carbocycles. The van der Waals surface area contributed by atoms with Crippen molar-refractivity contribution in [1.29, 1.82) is 0 Å². The van der Waals surface area contributed by atoms with Crippen molar-refractivity contribution >= 4 is 17.5 Å². The van der Waals surface area contributed by atoms with Crippen molar-refractivity contribution in [3.05, 3.63) is 0 Å². The number of hydrogen-bond acceptors (Lipinski definition) is 5. The van der Waals surface area contributed by atoms with Gasteiger partial charge >= 0.3 is 5.97 Å². The summed E-state index contributed by atoms with van der Waals surface area (Å²) in [6.07, 6.45) is 1.21. The topological polar surface area (TPSA) is 69.7 Å². The molecule has 0 aliphatic rings. The standard InChI is InChI=1S/C9H14O5/c1-3-4-5-13-14-9(12)8(11)6-7(2)10/h3-6H2,1-2H3. The number of carbonyl (C=O) groups is 3. The highest BCUT2D eigenvalue weighted by Crippen LogP contribution is 1.93. The number of unbranched alkanes of at least 4 members (excludes halogenated alkanes) is 1. The number of rotatable bonds is 7. The van der Waals surface area contributed by atoms with Crippen LogP contribution in [0.4, 0.5) is 0 Å². The van der Waals surface area contributed by atoms with Gasteiger partial charge in [-0.1, -0.05) is 13.3 Å². The van der Waals surface area contributed by atoms with Crippen LogP contribution in [-0.4, -0.2) is 24.1 Å². The molecule has 0 rings (SSSR count). The Hall–Kier alpha value is -1.23. The van der Waals surface area contributed by atoms with E-state index in [4.69, 9.17) is 0 Å². The van der Waals surface area contributed by atoms with E-state index in [0.717, 1.165) is 12.8 Å². The van der Waals surface area contributed by atoms with Gasteiger partial charge in [0.25, 0.3) is 5.78 Å². The van der Waals surface area contributed by atoms with Crippen molar-refractivity contribution in [3.8, 4) is 0 Å². The number of carbonyl (C=O) groups excluding carboxylic acids is 3. The second-order valence-corrected chi connectivity index (χ2v) is 2.85. The van der Waals surface area contributed by atoms with E-state index in [-0.39, 0.29) is 12.4 Å². The number of Topliss-reactive ketones (excluding diaryl/α,β-unsaturated/α-hetero) is 2. The van der Waals surface area contributed by atoms with Crippen LogP contribution in [0.3, 0.4) is 0 Å². The largest absolute Gasteiger partial charge is 0.408 e. The summed E-state index contributed by atoms with van der Waals surface area (Å²) >= 11 is 0. The monoisotopic (exact) mass is 202 g/mol. The fraction of sp³-hybridized carbons (Fsp3) is 0.667. The summed E-state index contributed by atoms with van der Waals surface area (Å²) in [7, 11) is 0. The molecule has 0 fully saturated rings. The third-order valence-corrected chi connectivity index (χ3v) is 1.35. The van der Waals surface area contributed by atoms with E-state index in [1.807, 2.05) is 6.92 Å². The van der Waals surface area contributed by atoms with Gasteiger partial charge in [-0.2, -0.15) is 4.89 Å². The maximum atomic E-state index is 10.8. The molecular weight excluding hydrogens is 188 g/mol. The molecule has 0 bridgehead atoms. The summed E-state index contributed by atoms with van der Waals surface area (Å²) in [5, 5.41) is 0. The lowest BCUT2D eigenvalue weighted by Gasteiger charge is -2.00. The van der Waals surface area contributed by atoms with E-state index in [1.54, 1.807) is 0 Å². The Labute approximate surface area is 82.3 Å². The van der Waals surface area contributed by atoms with Crippen molar-refractivity contribution in [2.75, 3.05) is 6.61 Å². The Morgan fingerprint density at radius 3 is 2.36 bits per heavy atom. The van der Waals surface area contributed by atoms with Crippen LogP contribution in [0, 0.1) is 0 Å². The van der Waals surface area contributed by atoms with E-state index >= 15 is 0 Å². The zero-order valence-corrected chi connectivity index (χ0v) is 8.37. The highest BCUT2D eigenvalue weighted by atomic mass is 17.2. The maximum Gasteiger partial charge on any atom is 0.408 e. The Kier molecular flexibility index (Phi) is 6.57. The Morgan fingerprint density at radius 1 is 1.21 bits per heavy atom. The van der Waals surface area contributed by atoms with E-state index < -0.39 is 18.2 Å². The predicted octanol–water partition coefficient (Wildman–Crippen LogP) is 0.809. The summed E-state index contributed by atoms with van der Waals surface area (Å²) < 4.78 is 0. The van der Waals surface area contributed by atoms with Crippen LogP contribution < -0.4 is 0 Å². The van der Waals surface area contributed by atoms with Gasteiger partial charge in [0.2, 0.25) is 0 Å². The van der Waals surface area contributed by atoms with Gasteiger partial charge in [0, 0.05) is 0 Å². The molecule has 0 radical (unpaired) electrons. The smallest absolute Gasteiger partial charge is 0.300 e. The lowest BCUT2D eigenvalue weighted by atomic mass is 10.2. The van der Waals surface area contributed by atoms with Crippen LogP contribution >= 0.6 is 0 Å². The zero-order chi connectivity index (χ0) is 11.0. The average Bonchev–Trinajstić information content (AvgIpc) is 2.11. The first-order valence-corrected chi connectivity index (χ1v) is 4.44. The molecule has 0 aromatic rings. The zero-order valence-electron chi connectivity index (χ0n) is 8.37. The van der Waals surface area contributed by atoms with Crippen LogP contribution in [0.15, 0.2) is 0 Å². The molecule has 0 N–H and O–H groups in total. The fourth-order valence-corrected chi connectivity index (χ4v) is 0.643. The molecule has 0 aromatic carbocycles. The second kappa shape index (κ2) is 7.20. The fourth-order valence-electron chi connectivity index (χ4n) is 0.643. The van der Waals surface area contributed by atoms with E-state index in [9.17, 15) is 14.4 Å². The Morgan fingerprint density at radius 2 is 1.86 bits per heavy atom. The van der Waals surface area contributed by atoms with Gasteiger partial charge in [-0.25, -0.2) is 4.79 Å². The molecule has 5 heteroatoms. The first-order valence-electron chi connectivity index (χ1n) is 4.44. The summed E-state index contributed by atoms with van der Waals surface area (Å²) in [5.74, 6) is -2.37. The van der Waals surface area contributed by atoms with Crippen molar-refractivity contribution in [2.45, 2.75) is 33.1 Å². The van der Waals surface area contributed by atoms with E-state index in [1.165, 1.54) is 6.92 Å². The third-order valence-electron chi connectivity index (χ3n) is 1.35. The van der Waals surface area contributed by atoms with E-state index in [0.29, 0.717) is 0 Å². The maximum absolute atomic E-state index is 10.8. The minimum Gasteiger partial charge on any atom is -0.300 e. The van der Waals surface area contributed by atoms with Gasteiger partial charge < -0.3 is 0 Å². The average molecular weight is 202 g/mol. The molecular formula is C9H14O5. The van der Waals surface area contributed by atoms with Gasteiger partial charge in [-0.3, -0.25) is 14.5 Å². The minimum atomic E-state index is -1.11. The summed E-state index contributed by atoms with van der Waals surface area (Å²) in [4.78, 5) is 40.7. The van der Waals surface area contributed by atoms with Gasteiger partial charge in [0.15, 0.2) is 0 Å². The predicted molar refractivity (Wildman–Crippen MR) is 47.3 cm³/mol. The van der Waals surface area contributed by atoms with Crippen molar-refractivity contribution in [1.82, 2.24) is 0 Å². The Balaban J connectivity index is 3.63. The summed E-state index contributed by atoms with van der Waals surface area (Å²) in [5.41, 5.74) is 0. The highest BCUT2D eigenvalue weighted by Gasteiger charge is 2.18. The van der Waals surface area contributed by atoms with Crippen molar-refractivity contribution in [3.63, 3.8) is 0 Å². The molecule has 0 aliphatic carbocycles. The van der Waals surface area contributed by atoms with Gasteiger partial charge in [-0.15, -0.1) is 0 Å². The van der Waals surface area contributed by atoms with Gasteiger partial charge in [0.1, 0.15) is 5.78 Å². The summed E-state index contributed by atoms with van der Waals surface area (Å²) in [6, 6.07) is 0. The van der Waals surface area contributed by atoms with Crippen molar-refractivity contribution < 1.29 is 24.2 Å². The normalized spacial score (nSPS) is 9.57. The molecule has 0 atom stereocenters. The molecule has 0 unspecified atom stereocenters. The molecule has 0 heterocycles. The number of hydrogen-bond donors (Lipinski definition) is 0. The van der Waals surface area contributed by atoms with Gasteiger partial charge in [0.05, 0.1) is 13.0 Å². The first-order chi connectivity index (χ1) is 6.57. The SMILES string of the molecule is CCCCOOC(=O)C(=O)CC(C)=O. The summed E-state index contributed by atoms with van der Waals surface area (Å²) in [6.45, 7) is 3.44. The second-order valence-electron chi connectivity index (χ2n) is 2.85. The number of ketones is 2. The minimum absolute atomic E-state index is 0.260. The molecule has 0 amide bonds. The van der Waals surface area contributed by atoms with Crippen LogP contribution in [0.2, 0.25) is 0 Å². The molecule has 80 valence electrons. The third kappa shape index (κ3) is 6.30. The molecule has 5 nitrogen and oxygen atoms in total. The molecule has 0 aromatic heterocycles. The van der Waals surface area contributed by atoms with Crippen LogP contribution in [0.5, 0.6) is 0 Å². The molecule has 0 saturated heterocycles. The lowest BCUT2D eigenvalue weighted by Crippen LogP contribution is -2.20. The van der Waals surface area contributed by atoms with Crippen LogP contribution in [-0.2, 0) is 24.2 Å². The molecule has 14 heavy (non-hydrogen) atoms. The lowest BCUT2D eigenvalue weighted by molar-refractivity contribution is -0.269. The van der Waals surface area contributed by atoms with Crippen LogP contribution in [0.25, 0.3) is 0 Å². The Bertz CT molecular complexity index is 221. The van der Waals surface area contributed by atoms with Gasteiger partial charge in [-0.05, 0) is 13.3 Å². The quantitative estimate of drug-likeness (QED) is 0.201. The van der Waals surface area contributed by atoms with E-state index in [2.05, 4.69) is 9.78 Å². The van der Waals surface area contributed by atoms with Crippen LogP contribution in [0.1, 0.15) is 33.1 Å². The van der Waals surface area contributed by atoms with Crippen molar-refractivity contribution in [2.24, 2.45) is 0 Å².